The summed E-state index contributed by atoms with van der Waals surface area (Å²) in [5.74, 6) is 1.06. The van der Waals surface area contributed by atoms with Crippen molar-refractivity contribution in [2.24, 2.45) is 0 Å². The average Bonchev–Trinajstić information content (AvgIpc) is 3.32. The molecule has 0 aliphatic carbocycles. The van der Waals surface area contributed by atoms with E-state index in [9.17, 15) is 9.59 Å². The molecule has 1 aromatic heterocycles. The molecule has 0 spiro atoms. The number of ether oxygens (including phenoxy) is 1. The van der Waals surface area contributed by atoms with Crippen molar-refractivity contribution < 1.29 is 18.7 Å². The van der Waals surface area contributed by atoms with Gasteiger partial charge in [-0.25, -0.2) is 0 Å². The molecule has 9 heteroatoms. The van der Waals surface area contributed by atoms with E-state index in [2.05, 4.69) is 33.9 Å². The summed E-state index contributed by atoms with van der Waals surface area (Å²) in [7, 11) is 0. The first-order valence-corrected chi connectivity index (χ1v) is 11.4. The molecule has 174 valence electrons. The van der Waals surface area contributed by atoms with Crippen LogP contribution in [0.1, 0.15) is 25.6 Å². The Balaban J connectivity index is 1.39. The van der Waals surface area contributed by atoms with Gasteiger partial charge in [-0.1, -0.05) is 13.8 Å². The molecule has 2 amide bonds. The molecule has 2 aliphatic heterocycles. The van der Waals surface area contributed by atoms with Crippen molar-refractivity contribution in [1.29, 1.82) is 0 Å². The summed E-state index contributed by atoms with van der Waals surface area (Å²) in [4.78, 5) is 33.6. The zero-order valence-electron chi connectivity index (χ0n) is 18.9. The second-order valence-electron chi connectivity index (χ2n) is 8.10. The van der Waals surface area contributed by atoms with Crippen LogP contribution in [0.15, 0.2) is 22.8 Å². The van der Waals surface area contributed by atoms with E-state index in [1.54, 1.807) is 6.26 Å². The van der Waals surface area contributed by atoms with Gasteiger partial charge in [0.05, 0.1) is 38.6 Å². The van der Waals surface area contributed by atoms with Gasteiger partial charge in [-0.3, -0.25) is 24.3 Å². The Morgan fingerprint density at radius 2 is 1.71 bits per heavy atom. The van der Waals surface area contributed by atoms with Crippen molar-refractivity contribution in [3.8, 4) is 0 Å². The molecule has 1 unspecified atom stereocenters. The standard InChI is InChI=1S/C22H37N5O4/c1-3-26(4-2)19(20-6-5-13-31-20)16-23-21(28)17-24-7-9-27(10-8-24)22(29)18-25-11-14-30-15-12-25/h5-6,13,19H,3-4,7-12,14-18H2,1-2H3,(H,23,28). The monoisotopic (exact) mass is 435 g/mol. The Bertz CT molecular complexity index is 665. The van der Waals surface area contributed by atoms with Crippen LogP contribution in [0.3, 0.4) is 0 Å². The van der Waals surface area contributed by atoms with Crippen molar-refractivity contribution in [2.45, 2.75) is 19.9 Å². The largest absolute Gasteiger partial charge is 0.468 e. The molecule has 3 rings (SSSR count). The van der Waals surface area contributed by atoms with Crippen molar-refractivity contribution in [3.05, 3.63) is 24.2 Å². The Labute approximate surface area is 185 Å². The van der Waals surface area contributed by atoms with Crippen LogP contribution in [0.25, 0.3) is 0 Å². The van der Waals surface area contributed by atoms with Crippen LogP contribution in [-0.4, -0.2) is 117 Å². The van der Waals surface area contributed by atoms with E-state index >= 15 is 0 Å². The summed E-state index contributed by atoms with van der Waals surface area (Å²) >= 11 is 0. The number of piperazine rings is 1. The van der Waals surface area contributed by atoms with Crippen LogP contribution >= 0.6 is 0 Å². The minimum absolute atomic E-state index is 0.0109. The van der Waals surface area contributed by atoms with Crippen molar-refractivity contribution in [3.63, 3.8) is 0 Å². The number of nitrogens with zero attached hydrogens (tertiary/aromatic N) is 4. The Kier molecular flexibility index (Phi) is 9.32. The molecular formula is C22H37N5O4. The second-order valence-corrected chi connectivity index (χ2v) is 8.10. The van der Waals surface area contributed by atoms with Gasteiger partial charge in [-0.15, -0.1) is 0 Å². The maximum atomic E-state index is 12.6. The van der Waals surface area contributed by atoms with E-state index in [4.69, 9.17) is 9.15 Å². The summed E-state index contributed by atoms with van der Waals surface area (Å²) in [5, 5.41) is 3.07. The maximum absolute atomic E-state index is 12.6. The molecule has 3 heterocycles. The first kappa shape index (κ1) is 23.7. The fraction of sp³-hybridized carbons (Fsp3) is 0.727. The Morgan fingerprint density at radius 3 is 2.32 bits per heavy atom. The van der Waals surface area contributed by atoms with Gasteiger partial charge in [0.15, 0.2) is 0 Å². The van der Waals surface area contributed by atoms with Gasteiger partial charge in [0.1, 0.15) is 5.76 Å². The fourth-order valence-corrected chi connectivity index (χ4v) is 4.23. The lowest BCUT2D eigenvalue weighted by Gasteiger charge is -2.36. The molecule has 0 aromatic carbocycles. The summed E-state index contributed by atoms with van der Waals surface area (Å²) < 4.78 is 10.9. The second kappa shape index (κ2) is 12.2. The summed E-state index contributed by atoms with van der Waals surface area (Å²) in [6, 6.07) is 3.87. The number of nitrogens with one attached hydrogen (secondary N) is 1. The Morgan fingerprint density at radius 1 is 1.03 bits per heavy atom. The zero-order valence-corrected chi connectivity index (χ0v) is 18.9. The molecule has 0 saturated carbocycles. The van der Waals surface area contributed by atoms with E-state index < -0.39 is 0 Å². The van der Waals surface area contributed by atoms with Crippen molar-refractivity contribution in [2.75, 3.05) is 85.2 Å². The Hall–Kier alpha value is -1.94. The quantitative estimate of drug-likeness (QED) is 0.564. The third-order valence-electron chi connectivity index (χ3n) is 6.17. The highest BCUT2D eigenvalue weighted by Crippen LogP contribution is 2.20. The van der Waals surface area contributed by atoms with E-state index in [-0.39, 0.29) is 17.9 Å². The maximum Gasteiger partial charge on any atom is 0.236 e. The molecule has 2 aliphatic rings. The predicted molar refractivity (Wildman–Crippen MR) is 118 cm³/mol. The first-order valence-electron chi connectivity index (χ1n) is 11.4. The summed E-state index contributed by atoms with van der Waals surface area (Å²) in [5.41, 5.74) is 0. The number of furan rings is 1. The van der Waals surface area contributed by atoms with Gasteiger partial charge < -0.3 is 19.4 Å². The lowest BCUT2D eigenvalue weighted by atomic mass is 10.2. The smallest absolute Gasteiger partial charge is 0.236 e. The number of hydrogen-bond acceptors (Lipinski definition) is 7. The zero-order chi connectivity index (χ0) is 22.1. The van der Waals surface area contributed by atoms with Crippen LogP contribution in [-0.2, 0) is 14.3 Å². The SMILES string of the molecule is CCN(CC)C(CNC(=O)CN1CCN(C(=O)CN2CCOCC2)CC1)c1ccco1. The third-order valence-corrected chi connectivity index (χ3v) is 6.17. The van der Waals surface area contributed by atoms with Gasteiger partial charge >= 0.3 is 0 Å². The molecule has 0 bridgehead atoms. The summed E-state index contributed by atoms with van der Waals surface area (Å²) in [6.07, 6.45) is 1.67. The highest BCUT2D eigenvalue weighted by atomic mass is 16.5. The van der Waals surface area contributed by atoms with E-state index in [1.165, 1.54) is 0 Å². The van der Waals surface area contributed by atoms with E-state index in [0.29, 0.717) is 45.9 Å². The van der Waals surface area contributed by atoms with Crippen LogP contribution in [0.2, 0.25) is 0 Å². The summed E-state index contributed by atoms with van der Waals surface area (Å²) in [6.45, 7) is 13.2. The number of hydrogen-bond donors (Lipinski definition) is 1. The van der Waals surface area contributed by atoms with Crippen molar-refractivity contribution >= 4 is 11.8 Å². The molecule has 0 radical (unpaired) electrons. The van der Waals surface area contributed by atoms with E-state index in [0.717, 1.165) is 45.0 Å². The average molecular weight is 436 g/mol. The van der Waals surface area contributed by atoms with Crippen LogP contribution < -0.4 is 5.32 Å². The highest BCUT2D eigenvalue weighted by Gasteiger charge is 2.25. The predicted octanol–water partition coefficient (Wildman–Crippen LogP) is 0.255. The first-order chi connectivity index (χ1) is 15.1. The molecular weight excluding hydrogens is 398 g/mol. The van der Waals surface area contributed by atoms with Gasteiger partial charge in [0.2, 0.25) is 11.8 Å². The van der Waals surface area contributed by atoms with Gasteiger partial charge in [0.25, 0.3) is 0 Å². The van der Waals surface area contributed by atoms with Crippen LogP contribution in [0, 0.1) is 0 Å². The number of carbonyl (C=O) groups excluding carboxylic acids is 2. The number of rotatable bonds is 10. The highest BCUT2D eigenvalue weighted by molar-refractivity contribution is 5.79. The minimum atomic E-state index is 0.0109. The van der Waals surface area contributed by atoms with Gasteiger partial charge in [0, 0.05) is 45.8 Å². The number of amides is 2. The molecule has 2 fully saturated rings. The molecule has 1 aromatic rings. The molecule has 1 atom stereocenters. The normalized spacial score (nSPS) is 19.5. The number of likely N-dealkylation sites (N-methyl/N-ethyl adjacent to an activating group) is 1. The molecule has 31 heavy (non-hydrogen) atoms. The number of carbonyl (C=O) groups is 2. The molecule has 1 N–H and O–H groups in total. The van der Waals surface area contributed by atoms with Crippen molar-refractivity contribution in [1.82, 2.24) is 24.9 Å². The van der Waals surface area contributed by atoms with Crippen LogP contribution in [0.4, 0.5) is 0 Å². The molecule has 2 saturated heterocycles. The topological polar surface area (TPSA) is 81.5 Å². The van der Waals surface area contributed by atoms with E-state index in [1.807, 2.05) is 17.0 Å². The number of morpholine rings is 1. The molecule has 9 nitrogen and oxygen atoms in total. The fourth-order valence-electron chi connectivity index (χ4n) is 4.23. The van der Waals surface area contributed by atoms with Gasteiger partial charge in [-0.2, -0.15) is 0 Å². The third kappa shape index (κ3) is 7.03. The van der Waals surface area contributed by atoms with Gasteiger partial charge in [-0.05, 0) is 25.2 Å². The lowest BCUT2D eigenvalue weighted by Crippen LogP contribution is -2.53. The lowest BCUT2D eigenvalue weighted by molar-refractivity contribution is -0.135. The minimum Gasteiger partial charge on any atom is -0.468 e. The van der Waals surface area contributed by atoms with Crippen LogP contribution in [0.5, 0.6) is 0 Å².